The summed E-state index contributed by atoms with van der Waals surface area (Å²) < 4.78 is 13.2. The van der Waals surface area contributed by atoms with E-state index in [4.69, 9.17) is 11.2 Å². The van der Waals surface area contributed by atoms with Gasteiger partial charge in [-0.25, -0.2) is 0 Å². The molecule has 0 radical (unpaired) electrons. The number of carboxylic acids is 1. The summed E-state index contributed by atoms with van der Waals surface area (Å²) in [6.45, 7) is 1.83. The molecule has 0 aromatic heterocycles. The highest BCUT2D eigenvalue weighted by Gasteiger charge is 2.33. The molecule has 0 aliphatic carbocycles. The first-order chi connectivity index (χ1) is 22.3. The molecule has 8 nitrogen and oxygen atoms in total. The molecular formula is C37H44N2O6. The van der Waals surface area contributed by atoms with E-state index < -0.39 is 17.4 Å². The van der Waals surface area contributed by atoms with Crippen molar-refractivity contribution in [3.05, 3.63) is 60.2 Å². The predicted molar refractivity (Wildman–Crippen MR) is 176 cm³/mol. The summed E-state index contributed by atoms with van der Waals surface area (Å²) in [6.07, 6.45) is 5.71. The Labute approximate surface area is 265 Å². The lowest BCUT2D eigenvalue weighted by Crippen LogP contribution is -2.44. The van der Waals surface area contributed by atoms with Crippen LogP contribution in [0.15, 0.2) is 54.6 Å². The summed E-state index contributed by atoms with van der Waals surface area (Å²) in [5.41, 5.74) is 0.786. The van der Waals surface area contributed by atoms with E-state index in [1.165, 1.54) is 37.9 Å². The minimum absolute atomic E-state index is 0.0625. The molecule has 1 aliphatic rings. The van der Waals surface area contributed by atoms with Crippen molar-refractivity contribution in [1.82, 2.24) is 10.2 Å². The van der Waals surface area contributed by atoms with Gasteiger partial charge >= 0.3 is 11.9 Å². The number of aryl methyl sites for hydroxylation is 1. The minimum Gasteiger partial charge on any atom is -0.481 e. The highest BCUT2D eigenvalue weighted by molar-refractivity contribution is 6.23. The Morgan fingerprint density at radius 1 is 0.844 bits per heavy atom. The van der Waals surface area contributed by atoms with Crippen LogP contribution in [0.1, 0.15) is 78.0 Å². The summed E-state index contributed by atoms with van der Waals surface area (Å²) in [5, 5.41) is 19.4. The second-order valence-electron chi connectivity index (χ2n) is 12.5. The van der Waals surface area contributed by atoms with E-state index >= 15 is 0 Å². The zero-order valence-electron chi connectivity index (χ0n) is 26.9. The number of nitrogens with one attached hydrogen (secondary N) is 1. The van der Waals surface area contributed by atoms with Crippen LogP contribution in [0.25, 0.3) is 32.3 Å². The molecule has 1 heterocycles. The molecule has 4 aromatic carbocycles. The molecule has 2 N–H and O–H groups in total. The van der Waals surface area contributed by atoms with Crippen molar-refractivity contribution in [3.8, 4) is 0 Å². The number of hydrogen-bond donors (Lipinski definition) is 2. The third-order valence-electron chi connectivity index (χ3n) is 9.12. The first-order valence-electron chi connectivity index (χ1n) is 16.9. The van der Waals surface area contributed by atoms with Crippen molar-refractivity contribution in [3.63, 3.8) is 0 Å². The molecule has 0 bridgehead atoms. The number of aliphatic carboxylic acids is 1. The van der Waals surface area contributed by atoms with Gasteiger partial charge in [0, 0.05) is 39.3 Å². The second-order valence-corrected chi connectivity index (χ2v) is 12.5. The predicted octanol–water partition coefficient (Wildman–Crippen LogP) is 6.62. The molecule has 1 fully saturated rings. The molecule has 5 rings (SSSR count). The smallest absolute Gasteiger partial charge is 0.306 e. The fraction of sp³-hybridized carbons (Fsp3) is 0.459. The largest absolute Gasteiger partial charge is 0.481 e. The minimum atomic E-state index is -1.05. The number of benzene rings is 4. The van der Waals surface area contributed by atoms with Gasteiger partial charge < -0.3 is 20.1 Å². The van der Waals surface area contributed by atoms with E-state index in [0.29, 0.717) is 45.3 Å². The van der Waals surface area contributed by atoms with Crippen LogP contribution >= 0.6 is 0 Å². The number of amides is 2. The summed E-state index contributed by atoms with van der Waals surface area (Å²) in [6, 6.07) is 19.6. The maximum atomic E-state index is 12.7. The third-order valence-corrected chi connectivity index (χ3v) is 9.12. The van der Waals surface area contributed by atoms with Gasteiger partial charge in [0.05, 0.1) is 19.4 Å². The number of piperidine rings is 1. The fourth-order valence-corrected chi connectivity index (χ4v) is 6.39. The Hall–Kier alpha value is -4.20. The van der Waals surface area contributed by atoms with Crippen LogP contribution < -0.4 is 5.32 Å². The molecule has 2 amide bonds. The zero-order chi connectivity index (χ0) is 32.5. The molecule has 0 spiro atoms. The third kappa shape index (κ3) is 8.29. The number of ether oxygens (including phenoxy) is 1. The lowest BCUT2D eigenvalue weighted by molar-refractivity contribution is -0.151. The standard InChI is InChI=1S/C37H44N2O6/c1-37(25-45-34(44)19-18-33(42)43)20-23-39(24-21-37)32(41)11-3-2-4-22-38-31(40)10-6-7-26-12-13-29-15-14-27-8-5-9-28-16-17-30(26)36(29)35(27)28/h5,8-9,12-17H,2-4,6-7,10-11,18-25H2,1H3,(H,38,40)(H,42,43)/i1D. The van der Waals surface area contributed by atoms with Crippen molar-refractivity contribution >= 4 is 56.1 Å². The van der Waals surface area contributed by atoms with Gasteiger partial charge in [0.15, 0.2) is 0 Å². The van der Waals surface area contributed by atoms with Crippen molar-refractivity contribution in [2.24, 2.45) is 5.41 Å². The molecule has 0 atom stereocenters. The van der Waals surface area contributed by atoms with E-state index in [1.54, 1.807) is 0 Å². The van der Waals surface area contributed by atoms with Gasteiger partial charge in [0.2, 0.25) is 11.8 Å². The first kappa shape index (κ1) is 30.8. The van der Waals surface area contributed by atoms with E-state index in [2.05, 4.69) is 59.9 Å². The Morgan fingerprint density at radius 3 is 2.29 bits per heavy atom. The van der Waals surface area contributed by atoms with Crippen LogP contribution in [0.4, 0.5) is 0 Å². The number of likely N-dealkylation sites (tertiary alicyclic amines) is 1. The average molecular weight is 614 g/mol. The summed E-state index contributed by atoms with van der Waals surface area (Å²) >= 11 is 0. The Bertz CT molecular complexity index is 1660. The number of carbonyl (C=O) groups excluding carboxylic acids is 3. The molecular weight excluding hydrogens is 568 g/mol. The average Bonchev–Trinajstić information content (AvgIpc) is 3.07. The number of hydrogen-bond acceptors (Lipinski definition) is 5. The van der Waals surface area contributed by atoms with Crippen molar-refractivity contribution < 1.29 is 30.4 Å². The van der Waals surface area contributed by atoms with Gasteiger partial charge in [-0.2, -0.15) is 0 Å². The maximum Gasteiger partial charge on any atom is 0.306 e. The first-order valence-corrected chi connectivity index (χ1v) is 16.2. The summed E-state index contributed by atoms with van der Waals surface area (Å²) in [7, 11) is 0. The fourth-order valence-electron chi connectivity index (χ4n) is 6.39. The SMILES string of the molecule is [2H]CC1(COC(=O)CCC(=O)O)CCN(C(=O)CCCCCNC(=O)CCCc2ccc3ccc4cccc5ccc2c3c45)CC1. The van der Waals surface area contributed by atoms with Crippen LogP contribution in [0, 0.1) is 5.41 Å². The number of rotatable bonds is 15. The molecule has 1 aliphatic heterocycles. The van der Waals surface area contributed by atoms with Gasteiger partial charge in [-0.15, -0.1) is 0 Å². The van der Waals surface area contributed by atoms with Crippen LogP contribution in [0.3, 0.4) is 0 Å². The van der Waals surface area contributed by atoms with Crippen LogP contribution in [-0.2, 0) is 30.3 Å². The van der Waals surface area contributed by atoms with Crippen molar-refractivity contribution in [1.29, 1.82) is 0 Å². The highest BCUT2D eigenvalue weighted by atomic mass is 16.5. The highest BCUT2D eigenvalue weighted by Crippen LogP contribution is 2.36. The van der Waals surface area contributed by atoms with Gasteiger partial charge in [0.1, 0.15) is 0 Å². The van der Waals surface area contributed by atoms with Crippen LogP contribution in [0.2, 0.25) is 0 Å². The number of carbonyl (C=O) groups is 4. The molecule has 8 heteroatoms. The molecule has 0 saturated carbocycles. The Kier molecular flexibility index (Phi) is 10.1. The molecule has 1 saturated heterocycles. The van der Waals surface area contributed by atoms with E-state index in [-0.39, 0.29) is 38.2 Å². The Morgan fingerprint density at radius 2 is 1.56 bits per heavy atom. The van der Waals surface area contributed by atoms with Crippen molar-refractivity contribution in [2.45, 2.75) is 77.5 Å². The Balaban J connectivity index is 0.956. The topological polar surface area (TPSA) is 113 Å². The molecule has 0 unspecified atom stereocenters. The van der Waals surface area contributed by atoms with E-state index in [1.807, 2.05) is 4.90 Å². The zero-order valence-corrected chi connectivity index (χ0v) is 25.9. The van der Waals surface area contributed by atoms with Gasteiger partial charge in [-0.05, 0) is 76.4 Å². The number of nitrogens with zero attached hydrogens (tertiary/aromatic N) is 1. The molecule has 238 valence electrons. The van der Waals surface area contributed by atoms with E-state index in [9.17, 15) is 19.2 Å². The number of unbranched alkanes of at least 4 members (excludes halogenated alkanes) is 2. The van der Waals surface area contributed by atoms with Gasteiger partial charge in [0.25, 0.3) is 0 Å². The molecule has 4 aromatic rings. The van der Waals surface area contributed by atoms with Crippen LogP contribution in [0.5, 0.6) is 0 Å². The van der Waals surface area contributed by atoms with Crippen molar-refractivity contribution in [2.75, 3.05) is 26.2 Å². The maximum absolute atomic E-state index is 12.7. The number of carboxylic acid groups (broad SMARTS) is 1. The lowest BCUT2D eigenvalue weighted by atomic mass is 9.81. The van der Waals surface area contributed by atoms with E-state index in [0.717, 1.165) is 32.1 Å². The monoisotopic (exact) mass is 613 g/mol. The van der Waals surface area contributed by atoms with Crippen LogP contribution in [-0.4, -0.2) is 60.0 Å². The summed E-state index contributed by atoms with van der Waals surface area (Å²) in [4.78, 5) is 49.5. The van der Waals surface area contributed by atoms with Gasteiger partial charge in [-0.3, -0.25) is 19.2 Å². The quantitative estimate of drug-likeness (QED) is 0.0885. The van der Waals surface area contributed by atoms with Gasteiger partial charge in [-0.1, -0.05) is 67.9 Å². The summed E-state index contributed by atoms with van der Waals surface area (Å²) in [5.74, 6) is -1.46. The normalized spacial score (nSPS) is 14.9. The second kappa shape index (κ2) is 14.7. The lowest BCUT2D eigenvalue weighted by Gasteiger charge is -2.39. The number of esters is 1. The molecule has 45 heavy (non-hydrogen) atoms.